The molecule has 0 amide bonds. The Hall–Kier alpha value is -3.22. The lowest BCUT2D eigenvalue weighted by atomic mass is 10.1. The largest absolute Gasteiger partial charge is 0.497 e. The zero-order valence-electron chi connectivity index (χ0n) is 18.7. The molecule has 1 saturated heterocycles. The molecule has 0 bridgehead atoms. The molecule has 0 unspecified atom stereocenters. The second kappa shape index (κ2) is 9.95. The van der Waals surface area contributed by atoms with E-state index >= 15 is 0 Å². The molecule has 34 heavy (non-hydrogen) atoms. The summed E-state index contributed by atoms with van der Waals surface area (Å²) in [5.41, 5.74) is 1.72. The summed E-state index contributed by atoms with van der Waals surface area (Å²) in [5.74, 6) is 1.51. The molecule has 4 rings (SSSR count). The predicted octanol–water partition coefficient (Wildman–Crippen LogP) is 3.17. The highest BCUT2D eigenvalue weighted by atomic mass is 32.2. The van der Waals surface area contributed by atoms with Crippen LogP contribution in [0.25, 0.3) is 0 Å². The van der Waals surface area contributed by atoms with Crippen LogP contribution in [0.5, 0.6) is 11.5 Å². The maximum absolute atomic E-state index is 12.9. The van der Waals surface area contributed by atoms with E-state index in [9.17, 15) is 18.5 Å². The third-order valence-electron chi connectivity index (χ3n) is 5.59. The number of nitro benzene ring substituents is 1. The molecule has 10 nitrogen and oxygen atoms in total. The van der Waals surface area contributed by atoms with E-state index in [1.807, 2.05) is 23.6 Å². The first kappa shape index (κ1) is 23.9. The Morgan fingerprint density at radius 1 is 1.06 bits per heavy atom. The minimum atomic E-state index is -3.72. The molecule has 180 valence electrons. The lowest BCUT2D eigenvalue weighted by Gasteiger charge is -2.33. The molecule has 0 radical (unpaired) electrons. The van der Waals surface area contributed by atoms with Crippen LogP contribution in [0, 0.1) is 10.1 Å². The SMILES string of the molecule is COc1ccc(OC)c(Cc2csc(N3CCN(S(=O)(=O)c4ccc([N+](=O)[O-])cc4)CC3)n2)c1. The highest BCUT2D eigenvalue weighted by molar-refractivity contribution is 7.89. The van der Waals surface area contributed by atoms with Crippen molar-refractivity contribution in [3.05, 3.63) is 69.2 Å². The number of anilines is 1. The third-order valence-corrected chi connectivity index (χ3v) is 8.46. The fourth-order valence-electron chi connectivity index (χ4n) is 3.75. The van der Waals surface area contributed by atoms with E-state index in [1.165, 1.54) is 39.9 Å². The predicted molar refractivity (Wildman–Crippen MR) is 129 cm³/mol. The fraction of sp³-hybridized carbons (Fsp3) is 0.318. The Kier molecular flexibility index (Phi) is 7.00. The zero-order valence-corrected chi connectivity index (χ0v) is 20.3. The molecule has 1 aliphatic heterocycles. The van der Waals surface area contributed by atoms with Crippen molar-refractivity contribution in [2.75, 3.05) is 45.3 Å². The molecule has 2 heterocycles. The highest BCUT2D eigenvalue weighted by Gasteiger charge is 2.29. The first-order valence-corrected chi connectivity index (χ1v) is 12.8. The van der Waals surface area contributed by atoms with Gasteiger partial charge in [0, 0.05) is 55.7 Å². The van der Waals surface area contributed by atoms with E-state index < -0.39 is 14.9 Å². The van der Waals surface area contributed by atoms with Crippen LogP contribution in [-0.2, 0) is 16.4 Å². The van der Waals surface area contributed by atoms with Crippen molar-refractivity contribution in [1.82, 2.24) is 9.29 Å². The Balaban J connectivity index is 1.41. The Morgan fingerprint density at radius 2 is 1.76 bits per heavy atom. The summed E-state index contributed by atoms with van der Waals surface area (Å²) in [5, 5.41) is 13.7. The lowest BCUT2D eigenvalue weighted by molar-refractivity contribution is -0.384. The van der Waals surface area contributed by atoms with Gasteiger partial charge < -0.3 is 14.4 Å². The number of non-ortho nitro benzene ring substituents is 1. The molecule has 12 heteroatoms. The van der Waals surface area contributed by atoms with E-state index in [4.69, 9.17) is 14.5 Å². The van der Waals surface area contributed by atoms with Crippen molar-refractivity contribution in [1.29, 1.82) is 0 Å². The number of nitrogens with zero attached hydrogens (tertiary/aromatic N) is 4. The van der Waals surface area contributed by atoms with Crippen molar-refractivity contribution in [2.45, 2.75) is 11.3 Å². The molecule has 0 spiro atoms. The minimum Gasteiger partial charge on any atom is -0.497 e. The molecule has 1 fully saturated rings. The van der Waals surface area contributed by atoms with Gasteiger partial charge in [-0.25, -0.2) is 13.4 Å². The Morgan fingerprint density at radius 3 is 2.38 bits per heavy atom. The van der Waals surface area contributed by atoms with Gasteiger partial charge in [-0.2, -0.15) is 4.31 Å². The number of hydrogen-bond acceptors (Lipinski definition) is 9. The molecular formula is C22H24N4O6S2. The number of nitro groups is 1. The van der Waals surface area contributed by atoms with Crippen LogP contribution in [-0.4, -0.2) is 63.0 Å². The fourth-order valence-corrected chi connectivity index (χ4v) is 6.05. The van der Waals surface area contributed by atoms with Crippen LogP contribution >= 0.6 is 11.3 Å². The van der Waals surface area contributed by atoms with Gasteiger partial charge in [0.05, 0.1) is 29.7 Å². The zero-order chi connectivity index (χ0) is 24.3. The average molecular weight is 505 g/mol. The maximum atomic E-state index is 12.9. The number of sulfonamides is 1. The van der Waals surface area contributed by atoms with Gasteiger partial charge in [-0.15, -0.1) is 11.3 Å². The van der Waals surface area contributed by atoms with Gasteiger partial charge >= 0.3 is 0 Å². The minimum absolute atomic E-state index is 0.0512. The first-order valence-electron chi connectivity index (χ1n) is 10.5. The van der Waals surface area contributed by atoms with Crippen molar-refractivity contribution >= 4 is 32.2 Å². The van der Waals surface area contributed by atoms with Crippen molar-refractivity contribution in [3.63, 3.8) is 0 Å². The molecule has 2 aromatic carbocycles. The monoisotopic (exact) mass is 504 g/mol. The second-order valence-corrected chi connectivity index (χ2v) is 10.4. The van der Waals surface area contributed by atoms with Crippen LogP contribution in [0.1, 0.15) is 11.3 Å². The summed E-state index contributed by atoms with van der Waals surface area (Å²) in [4.78, 5) is 17.1. The molecule has 0 N–H and O–H groups in total. The van der Waals surface area contributed by atoms with E-state index in [-0.39, 0.29) is 10.6 Å². The van der Waals surface area contributed by atoms with Gasteiger partial charge in [-0.1, -0.05) is 0 Å². The number of piperazine rings is 1. The van der Waals surface area contributed by atoms with Crippen LogP contribution in [0.15, 0.2) is 52.7 Å². The standard InChI is InChI=1S/C22H24N4O6S2/c1-31-19-5-8-21(32-2)16(14-19)13-17-15-33-22(23-17)24-9-11-25(12-10-24)34(29,30)20-6-3-18(4-7-20)26(27)28/h3-8,14-15H,9-13H2,1-2H3. The summed E-state index contributed by atoms with van der Waals surface area (Å²) in [6, 6.07) is 10.6. The van der Waals surface area contributed by atoms with Gasteiger partial charge in [0.25, 0.3) is 5.69 Å². The number of thiazole rings is 1. The van der Waals surface area contributed by atoms with Crippen LogP contribution in [0.4, 0.5) is 10.8 Å². The van der Waals surface area contributed by atoms with E-state index in [0.29, 0.717) is 32.6 Å². The number of benzene rings is 2. The van der Waals surface area contributed by atoms with Gasteiger partial charge in [0.15, 0.2) is 5.13 Å². The van der Waals surface area contributed by atoms with E-state index in [0.717, 1.165) is 27.9 Å². The van der Waals surface area contributed by atoms with Crippen LogP contribution in [0.2, 0.25) is 0 Å². The quantitative estimate of drug-likeness (QED) is 0.339. The number of aromatic nitrogens is 1. The molecule has 0 aliphatic carbocycles. The van der Waals surface area contributed by atoms with E-state index in [1.54, 1.807) is 14.2 Å². The molecule has 3 aromatic rings. The molecule has 1 aromatic heterocycles. The summed E-state index contributed by atoms with van der Waals surface area (Å²) in [7, 11) is -0.473. The van der Waals surface area contributed by atoms with Crippen LogP contribution < -0.4 is 14.4 Å². The van der Waals surface area contributed by atoms with E-state index in [2.05, 4.69) is 4.90 Å². The summed E-state index contributed by atoms with van der Waals surface area (Å²) in [6.45, 7) is 1.61. The molecule has 0 saturated carbocycles. The van der Waals surface area contributed by atoms with Gasteiger partial charge in [0.2, 0.25) is 10.0 Å². The second-order valence-electron chi connectivity index (χ2n) is 7.62. The molecule has 0 atom stereocenters. The summed E-state index contributed by atoms with van der Waals surface area (Å²) >= 11 is 1.52. The number of rotatable bonds is 8. The summed E-state index contributed by atoms with van der Waals surface area (Å²) < 4.78 is 38.0. The Labute approximate surface area is 201 Å². The molecular weight excluding hydrogens is 480 g/mol. The van der Waals surface area contributed by atoms with Crippen molar-refractivity contribution < 1.29 is 22.8 Å². The number of hydrogen-bond donors (Lipinski definition) is 0. The maximum Gasteiger partial charge on any atom is 0.269 e. The highest BCUT2D eigenvalue weighted by Crippen LogP contribution is 2.29. The van der Waals surface area contributed by atoms with Crippen molar-refractivity contribution in [3.8, 4) is 11.5 Å². The number of ether oxygens (including phenoxy) is 2. The molecule has 1 aliphatic rings. The van der Waals surface area contributed by atoms with Gasteiger partial charge in [0.1, 0.15) is 11.5 Å². The van der Waals surface area contributed by atoms with Gasteiger partial charge in [-0.3, -0.25) is 10.1 Å². The first-order chi connectivity index (χ1) is 16.3. The van der Waals surface area contributed by atoms with Crippen LogP contribution in [0.3, 0.4) is 0 Å². The topological polar surface area (TPSA) is 115 Å². The normalized spacial score (nSPS) is 14.7. The summed E-state index contributed by atoms with van der Waals surface area (Å²) in [6.07, 6.45) is 0.589. The lowest BCUT2D eigenvalue weighted by Crippen LogP contribution is -2.48. The third kappa shape index (κ3) is 4.98. The smallest absolute Gasteiger partial charge is 0.269 e. The van der Waals surface area contributed by atoms with Gasteiger partial charge in [-0.05, 0) is 30.3 Å². The average Bonchev–Trinajstić information content (AvgIpc) is 3.32. The van der Waals surface area contributed by atoms with Crippen molar-refractivity contribution in [2.24, 2.45) is 0 Å². The Bertz CT molecular complexity index is 1270. The number of methoxy groups -OCH3 is 2.